The summed E-state index contributed by atoms with van der Waals surface area (Å²) >= 11 is 0. The third-order valence-corrected chi connectivity index (χ3v) is 5.06. The first-order valence-electron chi connectivity index (χ1n) is 9.75. The minimum absolute atomic E-state index is 0.110. The standard InChI is InChI=1S/C21H19FN6O4/c22-16-6-1-2-7-17(16)26-8-10-27(11-9-26)20-18(28(30)31)21(25-13-24-20)32-15-5-3-4-14(12-15)19(23)29/h1-7,12-13H,8-11H2,(H2,23,29). The van der Waals surface area contributed by atoms with Gasteiger partial charge in [-0.05, 0) is 30.3 Å². The maximum Gasteiger partial charge on any atom is 0.373 e. The van der Waals surface area contributed by atoms with E-state index in [4.69, 9.17) is 10.5 Å². The lowest BCUT2D eigenvalue weighted by Crippen LogP contribution is -2.47. The van der Waals surface area contributed by atoms with Gasteiger partial charge in [0.1, 0.15) is 17.9 Å². The molecule has 164 valence electrons. The Labute approximate surface area is 182 Å². The van der Waals surface area contributed by atoms with E-state index >= 15 is 0 Å². The summed E-state index contributed by atoms with van der Waals surface area (Å²) in [5.74, 6) is -0.931. The Morgan fingerprint density at radius 2 is 1.78 bits per heavy atom. The zero-order valence-electron chi connectivity index (χ0n) is 16.8. The van der Waals surface area contributed by atoms with Crippen molar-refractivity contribution < 1.29 is 18.8 Å². The van der Waals surface area contributed by atoms with Gasteiger partial charge in [0.05, 0.1) is 10.6 Å². The lowest BCUT2D eigenvalue weighted by atomic mass is 10.2. The van der Waals surface area contributed by atoms with E-state index in [1.165, 1.54) is 30.6 Å². The van der Waals surface area contributed by atoms with E-state index in [0.29, 0.717) is 31.9 Å². The Morgan fingerprint density at radius 3 is 2.47 bits per heavy atom. The van der Waals surface area contributed by atoms with Crippen LogP contribution in [0, 0.1) is 15.9 Å². The van der Waals surface area contributed by atoms with Crippen molar-refractivity contribution in [2.24, 2.45) is 5.73 Å². The fourth-order valence-electron chi connectivity index (χ4n) is 3.51. The molecule has 32 heavy (non-hydrogen) atoms. The van der Waals surface area contributed by atoms with Crippen LogP contribution < -0.4 is 20.3 Å². The lowest BCUT2D eigenvalue weighted by Gasteiger charge is -2.36. The number of para-hydroxylation sites is 1. The molecular weight excluding hydrogens is 419 g/mol. The number of primary amides is 1. The summed E-state index contributed by atoms with van der Waals surface area (Å²) in [7, 11) is 0. The maximum atomic E-state index is 14.1. The number of hydrogen-bond donors (Lipinski definition) is 1. The molecule has 4 rings (SSSR count). The molecule has 2 N–H and O–H groups in total. The van der Waals surface area contributed by atoms with E-state index < -0.39 is 16.5 Å². The van der Waals surface area contributed by atoms with Gasteiger partial charge in [-0.2, -0.15) is 4.98 Å². The first-order chi connectivity index (χ1) is 15.4. The highest BCUT2D eigenvalue weighted by Gasteiger charge is 2.31. The van der Waals surface area contributed by atoms with E-state index in [-0.39, 0.29) is 28.8 Å². The summed E-state index contributed by atoms with van der Waals surface area (Å²) in [4.78, 5) is 34.3. The molecule has 1 aliphatic rings. The average molecular weight is 438 g/mol. The summed E-state index contributed by atoms with van der Waals surface area (Å²) in [6.45, 7) is 1.70. The van der Waals surface area contributed by atoms with Crippen LogP contribution in [0.3, 0.4) is 0 Å². The van der Waals surface area contributed by atoms with Crippen LogP contribution in [0.25, 0.3) is 0 Å². The minimum atomic E-state index is -0.652. The number of carbonyl (C=O) groups is 1. The van der Waals surface area contributed by atoms with E-state index in [0.717, 1.165) is 0 Å². The zero-order chi connectivity index (χ0) is 22.7. The van der Waals surface area contributed by atoms with Crippen molar-refractivity contribution in [2.45, 2.75) is 0 Å². The van der Waals surface area contributed by atoms with Gasteiger partial charge in [0.15, 0.2) is 0 Å². The van der Waals surface area contributed by atoms with Gasteiger partial charge in [-0.15, -0.1) is 0 Å². The van der Waals surface area contributed by atoms with Crippen molar-refractivity contribution in [1.82, 2.24) is 9.97 Å². The van der Waals surface area contributed by atoms with Gasteiger partial charge in [0.2, 0.25) is 11.7 Å². The number of halogens is 1. The number of ether oxygens (including phenoxy) is 1. The molecule has 2 aromatic carbocycles. The van der Waals surface area contributed by atoms with Crippen molar-refractivity contribution in [3.05, 3.63) is 76.4 Å². The van der Waals surface area contributed by atoms with Gasteiger partial charge in [-0.3, -0.25) is 14.9 Å². The highest BCUT2D eigenvalue weighted by Crippen LogP contribution is 2.36. The van der Waals surface area contributed by atoms with E-state index in [9.17, 15) is 19.3 Å². The molecular formula is C21H19FN6O4. The molecule has 1 aromatic heterocycles. The van der Waals surface area contributed by atoms with Crippen LogP contribution >= 0.6 is 0 Å². The second-order valence-corrected chi connectivity index (χ2v) is 7.03. The van der Waals surface area contributed by atoms with Gasteiger partial charge in [-0.1, -0.05) is 18.2 Å². The van der Waals surface area contributed by atoms with Crippen LogP contribution in [0.1, 0.15) is 10.4 Å². The summed E-state index contributed by atoms with van der Waals surface area (Å²) in [5, 5.41) is 11.9. The second kappa shape index (κ2) is 8.84. The van der Waals surface area contributed by atoms with Crippen LogP contribution in [-0.4, -0.2) is 47.0 Å². The van der Waals surface area contributed by atoms with Gasteiger partial charge >= 0.3 is 11.6 Å². The molecule has 0 bridgehead atoms. The number of rotatable bonds is 6. The Morgan fingerprint density at radius 1 is 1.06 bits per heavy atom. The molecule has 0 unspecified atom stereocenters. The molecule has 10 nitrogen and oxygen atoms in total. The Balaban J connectivity index is 1.58. The van der Waals surface area contributed by atoms with Crippen LogP contribution in [0.15, 0.2) is 54.9 Å². The molecule has 0 aliphatic carbocycles. The smallest absolute Gasteiger partial charge is 0.373 e. The number of piperazine rings is 1. The highest BCUT2D eigenvalue weighted by atomic mass is 19.1. The van der Waals surface area contributed by atoms with Gasteiger partial charge in [0, 0.05) is 31.7 Å². The molecule has 1 saturated heterocycles. The lowest BCUT2D eigenvalue weighted by molar-refractivity contribution is -0.385. The van der Waals surface area contributed by atoms with Crippen LogP contribution in [0.2, 0.25) is 0 Å². The number of hydrogen-bond acceptors (Lipinski definition) is 8. The summed E-state index contributed by atoms with van der Waals surface area (Å²) in [6.07, 6.45) is 1.18. The monoisotopic (exact) mass is 438 g/mol. The third-order valence-electron chi connectivity index (χ3n) is 5.06. The third kappa shape index (κ3) is 4.26. The summed E-state index contributed by atoms with van der Waals surface area (Å²) in [6, 6.07) is 12.4. The van der Waals surface area contributed by atoms with Gasteiger partial charge in [0.25, 0.3) is 0 Å². The molecule has 1 fully saturated rings. The predicted molar refractivity (Wildman–Crippen MR) is 115 cm³/mol. The fraction of sp³-hybridized carbons (Fsp3) is 0.190. The number of nitrogens with zero attached hydrogens (tertiary/aromatic N) is 5. The fourth-order valence-corrected chi connectivity index (χ4v) is 3.51. The Hall–Kier alpha value is -4.28. The van der Waals surface area contributed by atoms with E-state index in [1.807, 2.05) is 4.90 Å². The highest BCUT2D eigenvalue weighted by molar-refractivity contribution is 5.93. The number of amides is 1. The summed E-state index contributed by atoms with van der Waals surface area (Å²) in [5.41, 5.74) is 5.57. The van der Waals surface area contributed by atoms with Crippen LogP contribution in [0.5, 0.6) is 11.6 Å². The Bertz CT molecular complexity index is 1170. The van der Waals surface area contributed by atoms with Crippen molar-refractivity contribution in [1.29, 1.82) is 0 Å². The SMILES string of the molecule is NC(=O)c1cccc(Oc2ncnc(N3CCN(c4ccccc4F)CC3)c2[N+](=O)[O-])c1. The van der Waals surface area contributed by atoms with Crippen molar-refractivity contribution in [3.8, 4) is 11.6 Å². The van der Waals surface area contributed by atoms with Crippen LogP contribution in [-0.2, 0) is 0 Å². The van der Waals surface area contributed by atoms with Crippen molar-refractivity contribution >= 4 is 23.1 Å². The quantitative estimate of drug-likeness (QED) is 0.460. The number of aromatic nitrogens is 2. The largest absolute Gasteiger partial charge is 0.434 e. The van der Waals surface area contributed by atoms with Gasteiger partial charge < -0.3 is 20.3 Å². The molecule has 2 heterocycles. The molecule has 0 radical (unpaired) electrons. The summed E-state index contributed by atoms with van der Waals surface area (Å²) < 4.78 is 19.7. The number of carbonyl (C=O) groups excluding carboxylic acids is 1. The van der Waals surface area contributed by atoms with Gasteiger partial charge in [-0.25, -0.2) is 9.37 Å². The predicted octanol–water partition coefficient (Wildman–Crippen LogP) is 2.74. The Kier molecular flexibility index (Phi) is 5.79. The van der Waals surface area contributed by atoms with Crippen molar-refractivity contribution in [2.75, 3.05) is 36.0 Å². The molecule has 1 amide bonds. The molecule has 11 heteroatoms. The number of nitro groups is 1. The molecule has 0 atom stereocenters. The molecule has 0 saturated carbocycles. The number of anilines is 2. The van der Waals surface area contributed by atoms with E-state index in [2.05, 4.69) is 9.97 Å². The first-order valence-corrected chi connectivity index (χ1v) is 9.75. The number of benzene rings is 2. The molecule has 0 spiro atoms. The molecule has 3 aromatic rings. The average Bonchev–Trinajstić information content (AvgIpc) is 2.79. The zero-order valence-corrected chi connectivity index (χ0v) is 16.8. The number of nitrogens with two attached hydrogens (primary N) is 1. The normalized spacial score (nSPS) is 13.7. The molecule has 1 aliphatic heterocycles. The minimum Gasteiger partial charge on any atom is -0.434 e. The topological polar surface area (TPSA) is 128 Å². The maximum absolute atomic E-state index is 14.1. The second-order valence-electron chi connectivity index (χ2n) is 7.03. The van der Waals surface area contributed by atoms with Crippen molar-refractivity contribution in [3.63, 3.8) is 0 Å². The van der Waals surface area contributed by atoms with E-state index in [1.54, 1.807) is 29.2 Å². The first kappa shape index (κ1) is 21.0. The van der Waals surface area contributed by atoms with Crippen LogP contribution in [0.4, 0.5) is 21.6 Å².